The zero-order valence-electron chi connectivity index (χ0n) is 12.1. The molecule has 0 fully saturated rings. The highest BCUT2D eigenvalue weighted by atomic mass is 32.2. The Morgan fingerprint density at radius 3 is 2.20 bits per heavy atom. The maximum absolute atomic E-state index is 12.1. The van der Waals surface area contributed by atoms with Gasteiger partial charge in [0.05, 0.1) is 4.90 Å². The molecule has 0 unspecified atom stereocenters. The largest absolute Gasteiger partial charge is 0.484 e. The van der Waals surface area contributed by atoms with Gasteiger partial charge < -0.3 is 10.1 Å². The van der Waals surface area contributed by atoms with Crippen LogP contribution in [0, 0.1) is 0 Å². The predicted octanol–water partition coefficient (Wildman–Crippen LogP) is 0.888. The molecule has 0 aliphatic heterocycles. The van der Waals surface area contributed by atoms with E-state index in [0.717, 1.165) is 0 Å². The van der Waals surface area contributed by atoms with E-state index in [-0.39, 0.29) is 17.4 Å². The topological polar surface area (TPSA) is 84.5 Å². The molecule has 0 saturated heterocycles. The van der Waals surface area contributed by atoms with Gasteiger partial charge in [-0.15, -0.1) is 0 Å². The summed E-state index contributed by atoms with van der Waals surface area (Å²) in [4.78, 5) is 11.2. The highest BCUT2D eigenvalue weighted by Gasteiger charge is 2.21. The minimum atomic E-state index is -3.56. The first-order valence-corrected chi connectivity index (χ1v) is 7.60. The predicted molar refractivity (Wildman–Crippen MR) is 76.1 cm³/mol. The average molecular weight is 300 g/mol. The van der Waals surface area contributed by atoms with Gasteiger partial charge in [0, 0.05) is 12.6 Å². The van der Waals surface area contributed by atoms with E-state index >= 15 is 0 Å². The van der Waals surface area contributed by atoms with Crippen LogP contribution in [0.4, 0.5) is 0 Å². The van der Waals surface area contributed by atoms with Crippen molar-refractivity contribution in [2.75, 3.05) is 13.7 Å². The van der Waals surface area contributed by atoms with E-state index < -0.39 is 15.6 Å². The number of amides is 1. The van der Waals surface area contributed by atoms with Gasteiger partial charge in [0.25, 0.3) is 5.91 Å². The first-order chi connectivity index (χ1) is 9.14. The van der Waals surface area contributed by atoms with Crippen LogP contribution in [0.2, 0.25) is 0 Å². The molecule has 0 aromatic heterocycles. The van der Waals surface area contributed by atoms with Crippen molar-refractivity contribution in [2.45, 2.75) is 31.2 Å². The Bertz CT molecular complexity index is 559. The summed E-state index contributed by atoms with van der Waals surface area (Å²) >= 11 is 0. The highest BCUT2D eigenvalue weighted by Crippen LogP contribution is 2.17. The van der Waals surface area contributed by atoms with Crippen molar-refractivity contribution in [1.29, 1.82) is 0 Å². The lowest BCUT2D eigenvalue weighted by Gasteiger charge is -2.20. The lowest BCUT2D eigenvalue weighted by molar-refractivity contribution is -0.122. The number of hydrogen-bond donors (Lipinski definition) is 2. The fourth-order valence-electron chi connectivity index (χ4n) is 1.40. The second-order valence-corrected chi connectivity index (χ2v) is 6.97. The molecule has 0 heterocycles. The SMILES string of the molecule is CNC(=O)COc1ccc(S(=O)(=O)NC(C)(C)C)cc1. The number of carbonyl (C=O) groups is 1. The third kappa shape index (κ3) is 5.18. The van der Waals surface area contributed by atoms with Crippen molar-refractivity contribution in [2.24, 2.45) is 0 Å². The third-order valence-corrected chi connectivity index (χ3v) is 4.00. The second-order valence-electron chi connectivity index (χ2n) is 5.29. The van der Waals surface area contributed by atoms with Crippen LogP contribution in [0.1, 0.15) is 20.8 Å². The first kappa shape index (κ1) is 16.5. The van der Waals surface area contributed by atoms with Crippen LogP contribution in [0.15, 0.2) is 29.2 Å². The standard InChI is InChI=1S/C13H20N2O4S/c1-13(2,3)15-20(17,18)11-7-5-10(6-8-11)19-9-12(16)14-4/h5-8,15H,9H2,1-4H3,(H,14,16). The normalized spacial score (nSPS) is 12.0. The number of likely N-dealkylation sites (N-methyl/N-ethyl adjacent to an activating group) is 1. The number of ether oxygens (including phenoxy) is 1. The summed E-state index contributed by atoms with van der Waals surface area (Å²) in [5.41, 5.74) is -0.548. The summed E-state index contributed by atoms with van der Waals surface area (Å²) in [6.07, 6.45) is 0. The van der Waals surface area contributed by atoms with Crippen LogP contribution >= 0.6 is 0 Å². The fraction of sp³-hybridized carbons (Fsp3) is 0.462. The van der Waals surface area contributed by atoms with Gasteiger partial charge in [0.2, 0.25) is 10.0 Å². The Labute approximate surface area is 119 Å². The van der Waals surface area contributed by atoms with Gasteiger partial charge in [0.1, 0.15) is 5.75 Å². The maximum atomic E-state index is 12.1. The summed E-state index contributed by atoms with van der Waals surface area (Å²) in [5.74, 6) is 0.180. The molecule has 1 aromatic rings. The first-order valence-electron chi connectivity index (χ1n) is 6.11. The molecule has 0 saturated carbocycles. The highest BCUT2D eigenvalue weighted by molar-refractivity contribution is 7.89. The summed E-state index contributed by atoms with van der Waals surface area (Å²) in [5, 5.41) is 2.43. The summed E-state index contributed by atoms with van der Waals surface area (Å²) in [7, 11) is -2.04. The zero-order valence-corrected chi connectivity index (χ0v) is 12.9. The van der Waals surface area contributed by atoms with Gasteiger partial charge in [-0.05, 0) is 45.0 Å². The van der Waals surface area contributed by atoms with Gasteiger partial charge in [-0.1, -0.05) is 0 Å². The molecule has 20 heavy (non-hydrogen) atoms. The van der Waals surface area contributed by atoms with Crippen molar-refractivity contribution in [3.8, 4) is 5.75 Å². The van der Waals surface area contributed by atoms with Crippen LogP contribution in [0.5, 0.6) is 5.75 Å². The maximum Gasteiger partial charge on any atom is 0.257 e. The minimum Gasteiger partial charge on any atom is -0.484 e. The summed E-state index contributed by atoms with van der Waals surface area (Å²) in [6.45, 7) is 5.20. The average Bonchev–Trinajstić information content (AvgIpc) is 2.33. The van der Waals surface area contributed by atoms with Crippen molar-refractivity contribution in [1.82, 2.24) is 10.0 Å². The van der Waals surface area contributed by atoms with Crippen LogP contribution in [-0.2, 0) is 14.8 Å². The van der Waals surface area contributed by atoms with E-state index in [0.29, 0.717) is 5.75 Å². The van der Waals surface area contributed by atoms with Gasteiger partial charge in [-0.3, -0.25) is 4.79 Å². The Morgan fingerprint density at radius 1 is 1.20 bits per heavy atom. The Hall–Kier alpha value is -1.60. The molecular formula is C13H20N2O4S. The smallest absolute Gasteiger partial charge is 0.257 e. The van der Waals surface area contributed by atoms with E-state index in [2.05, 4.69) is 10.0 Å². The number of nitrogens with one attached hydrogen (secondary N) is 2. The van der Waals surface area contributed by atoms with Gasteiger partial charge in [-0.25, -0.2) is 13.1 Å². The monoisotopic (exact) mass is 300 g/mol. The Kier molecular flexibility index (Phi) is 5.13. The van der Waals surface area contributed by atoms with Crippen molar-refractivity contribution in [3.05, 3.63) is 24.3 Å². The fourth-order valence-corrected chi connectivity index (χ4v) is 2.82. The Balaban J connectivity index is 2.78. The molecule has 0 spiro atoms. The van der Waals surface area contributed by atoms with Crippen molar-refractivity contribution in [3.63, 3.8) is 0 Å². The molecule has 0 aliphatic carbocycles. The molecule has 6 nitrogen and oxygen atoms in total. The molecular weight excluding hydrogens is 280 g/mol. The van der Waals surface area contributed by atoms with Crippen molar-refractivity contribution < 1.29 is 17.9 Å². The summed E-state index contributed by atoms with van der Waals surface area (Å²) in [6, 6.07) is 5.90. The molecule has 112 valence electrons. The number of rotatable bonds is 5. The second kappa shape index (κ2) is 6.23. The molecule has 0 radical (unpaired) electrons. The van der Waals surface area contributed by atoms with Crippen molar-refractivity contribution >= 4 is 15.9 Å². The molecule has 0 bridgehead atoms. The van der Waals surface area contributed by atoms with E-state index in [9.17, 15) is 13.2 Å². The van der Waals surface area contributed by atoms with Crippen LogP contribution in [0.25, 0.3) is 0 Å². The number of hydrogen-bond acceptors (Lipinski definition) is 4. The number of carbonyl (C=O) groups excluding carboxylic acids is 1. The number of sulfonamides is 1. The minimum absolute atomic E-state index is 0.108. The van der Waals surface area contributed by atoms with Gasteiger partial charge in [0.15, 0.2) is 6.61 Å². The van der Waals surface area contributed by atoms with Gasteiger partial charge in [-0.2, -0.15) is 0 Å². The van der Waals surface area contributed by atoms with Crippen LogP contribution < -0.4 is 14.8 Å². The quantitative estimate of drug-likeness (QED) is 0.845. The zero-order chi connectivity index (χ0) is 15.4. The molecule has 0 atom stereocenters. The lowest BCUT2D eigenvalue weighted by atomic mass is 10.1. The third-order valence-electron chi connectivity index (χ3n) is 2.22. The van der Waals surface area contributed by atoms with Crippen LogP contribution in [-0.4, -0.2) is 33.5 Å². The lowest BCUT2D eigenvalue weighted by Crippen LogP contribution is -2.40. The van der Waals surface area contributed by atoms with E-state index in [4.69, 9.17) is 4.74 Å². The summed E-state index contributed by atoms with van der Waals surface area (Å²) < 4.78 is 31.9. The van der Waals surface area contributed by atoms with E-state index in [1.54, 1.807) is 20.8 Å². The molecule has 1 rings (SSSR count). The van der Waals surface area contributed by atoms with Crippen LogP contribution in [0.3, 0.4) is 0 Å². The number of benzene rings is 1. The molecule has 1 aromatic carbocycles. The Morgan fingerprint density at radius 2 is 1.75 bits per heavy atom. The molecule has 0 aliphatic rings. The van der Waals surface area contributed by atoms with E-state index in [1.807, 2.05) is 0 Å². The van der Waals surface area contributed by atoms with E-state index in [1.165, 1.54) is 31.3 Å². The van der Waals surface area contributed by atoms with Gasteiger partial charge >= 0.3 is 0 Å². The molecule has 1 amide bonds. The molecule has 2 N–H and O–H groups in total. The molecule has 7 heteroatoms.